The van der Waals surface area contributed by atoms with Gasteiger partial charge in [0, 0.05) is 11.5 Å². The molecule has 15 heavy (non-hydrogen) atoms. The summed E-state index contributed by atoms with van der Waals surface area (Å²) in [7, 11) is 1.59. The molecule has 1 aromatic heterocycles. The second kappa shape index (κ2) is 4.06. The molecule has 2 aromatic rings. The topological polar surface area (TPSA) is 39.4 Å². The van der Waals surface area contributed by atoms with Gasteiger partial charge in [-0.2, -0.15) is 0 Å². The summed E-state index contributed by atoms with van der Waals surface area (Å²) in [6.45, 7) is 0. The van der Waals surface area contributed by atoms with Gasteiger partial charge in [-0.3, -0.25) is 4.79 Å². The fourth-order valence-corrected chi connectivity index (χ4v) is 1.62. The van der Waals surface area contributed by atoms with Gasteiger partial charge in [-0.25, -0.2) is 0 Å². The molecule has 3 nitrogen and oxygen atoms in total. The van der Waals surface area contributed by atoms with E-state index >= 15 is 0 Å². The predicted molar refractivity (Wildman–Crippen MR) is 60.9 cm³/mol. The maximum Gasteiger partial charge on any atom is 0.208 e. The average molecular weight is 269 g/mol. The summed E-state index contributed by atoms with van der Waals surface area (Å²) in [5.74, 6) is 1.02. The van der Waals surface area contributed by atoms with Crippen molar-refractivity contribution in [2.75, 3.05) is 12.4 Å². The molecule has 2 rings (SSSR count). The zero-order chi connectivity index (χ0) is 10.8. The predicted octanol–water partition coefficient (Wildman–Crippen LogP) is 3.02. The summed E-state index contributed by atoms with van der Waals surface area (Å²) in [6.07, 6.45) is 0. The molecule has 1 aromatic carbocycles. The molecule has 0 spiro atoms. The number of carbonyl (C=O) groups is 1. The molecular weight excluding hydrogens is 260 g/mol. The highest BCUT2D eigenvalue weighted by Crippen LogP contribution is 2.24. The van der Waals surface area contributed by atoms with Crippen molar-refractivity contribution in [3.8, 4) is 5.75 Å². The lowest BCUT2D eigenvalue weighted by atomic mass is 10.2. The minimum Gasteiger partial charge on any atom is -0.497 e. The zero-order valence-corrected chi connectivity index (χ0v) is 9.71. The van der Waals surface area contributed by atoms with Crippen molar-refractivity contribution in [2.24, 2.45) is 0 Å². The first kappa shape index (κ1) is 10.2. The van der Waals surface area contributed by atoms with Crippen LogP contribution in [-0.2, 0) is 0 Å². The van der Waals surface area contributed by atoms with E-state index in [-0.39, 0.29) is 11.1 Å². The number of benzene rings is 1. The van der Waals surface area contributed by atoms with Crippen LogP contribution in [0.1, 0.15) is 10.6 Å². The number of hydrogen-bond acceptors (Lipinski definition) is 3. The first-order valence-corrected chi connectivity index (χ1v) is 5.53. The van der Waals surface area contributed by atoms with Gasteiger partial charge in [0.25, 0.3) is 0 Å². The minimum absolute atomic E-state index is 0.0647. The van der Waals surface area contributed by atoms with Crippen LogP contribution in [0, 0.1) is 0 Å². The number of furan rings is 1. The number of methoxy groups -OCH3 is 1. The van der Waals surface area contributed by atoms with Gasteiger partial charge in [0.05, 0.1) is 12.4 Å². The van der Waals surface area contributed by atoms with Crippen LogP contribution in [0.15, 0.2) is 28.7 Å². The van der Waals surface area contributed by atoms with E-state index < -0.39 is 0 Å². The van der Waals surface area contributed by atoms with Crippen molar-refractivity contribution in [3.63, 3.8) is 0 Å². The molecule has 78 valence electrons. The number of fused-ring (bicyclic) bond motifs is 1. The van der Waals surface area contributed by atoms with E-state index in [1.54, 1.807) is 19.2 Å². The highest BCUT2D eigenvalue weighted by molar-refractivity contribution is 9.09. The van der Waals surface area contributed by atoms with Gasteiger partial charge in [0.15, 0.2) is 5.76 Å². The first-order valence-electron chi connectivity index (χ1n) is 4.41. The maximum absolute atomic E-state index is 11.4. The van der Waals surface area contributed by atoms with Crippen LogP contribution in [0.25, 0.3) is 11.0 Å². The van der Waals surface area contributed by atoms with Crippen molar-refractivity contribution < 1.29 is 13.9 Å². The van der Waals surface area contributed by atoms with E-state index in [0.29, 0.717) is 11.3 Å². The highest BCUT2D eigenvalue weighted by atomic mass is 79.9. The SMILES string of the molecule is COc1ccc2cc(C(=O)CBr)oc2c1. The Morgan fingerprint density at radius 2 is 2.27 bits per heavy atom. The van der Waals surface area contributed by atoms with Crippen molar-refractivity contribution >= 4 is 32.7 Å². The second-order valence-corrected chi connectivity index (χ2v) is 3.63. The van der Waals surface area contributed by atoms with Crippen LogP contribution >= 0.6 is 15.9 Å². The molecule has 0 unspecified atom stereocenters. The molecular formula is C11H9BrO3. The smallest absolute Gasteiger partial charge is 0.208 e. The molecule has 0 saturated carbocycles. The molecule has 0 fully saturated rings. The van der Waals surface area contributed by atoms with Gasteiger partial charge >= 0.3 is 0 Å². The Morgan fingerprint density at radius 3 is 2.93 bits per heavy atom. The monoisotopic (exact) mass is 268 g/mol. The third-order valence-electron chi connectivity index (χ3n) is 2.12. The first-order chi connectivity index (χ1) is 7.24. The van der Waals surface area contributed by atoms with Crippen LogP contribution in [0.2, 0.25) is 0 Å². The molecule has 0 radical (unpaired) electrons. The highest BCUT2D eigenvalue weighted by Gasteiger charge is 2.10. The van der Waals surface area contributed by atoms with Crippen molar-refractivity contribution in [1.29, 1.82) is 0 Å². The van der Waals surface area contributed by atoms with Gasteiger partial charge < -0.3 is 9.15 Å². The molecule has 0 N–H and O–H groups in total. The Bertz CT molecular complexity index is 502. The molecule has 0 bridgehead atoms. The lowest BCUT2D eigenvalue weighted by Gasteiger charge is -1.96. The number of ether oxygens (including phenoxy) is 1. The summed E-state index contributed by atoms with van der Waals surface area (Å²) in [5.41, 5.74) is 0.665. The second-order valence-electron chi connectivity index (χ2n) is 3.07. The number of Topliss-reactive ketones (excluding diaryl/α,β-unsaturated/α-hetero) is 1. The van der Waals surface area contributed by atoms with E-state index in [1.807, 2.05) is 12.1 Å². The minimum atomic E-state index is -0.0647. The quantitative estimate of drug-likeness (QED) is 0.635. The Balaban J connectivity index is 2.51. The molecule has 1 heterocycles. The maximum atomic E-state index is 11.4. The van der Waals surface area contributed by atoms with Crippen LogP contribution in [-0.4, -0.2) is 18.2 Å². The standard InChI is InChI=1S/C11H9BrO3/c1-14-8-3-2-7-4-11(9(13)6-12)15-10(7)5-8/h2-5H,6H2,1H3. The van der Waals surface area contributed by atoms with E-state index in [1.165, 1.54) is 0 Å². The summed E-state index contributed by atoms with van der Waals surface area (Å²) < 4.78 is 10.5. The molecule has 0 atom stereocenters. The van der Waals surface area contributed by atoms with E-state index in [9.17, 15) is 4.79 Å². The number of carbonyl (C=O) groups excluding carboxylic acids is 1. The largest absolute Gasteiger partial charge is 0.497 e. The number of hydrogen-bond donors (Lipinski definition) is 0. The molecule has 4 heteroatoms. The lowest BCUT2D eigenvalue weighted by molar-refractivity contribution is 0.0995. The van der Waals surface area contributed by atoms with Gasteiger partial charge in [-0.05, 0) is 18.2 Å². The lowest BCUT2D eigenvalue weighted by Crippen LogP contribution is -1.96. The molecule has 0 saturated heterocycles. The van der Waals surface area contributed by atoms with E-state index in [2.05, 4.69) is 15.9 Å². The Kier molecular flexibility index (Phi) is 2.77. The van der Waals surface area contributed by atoms with Gasteiger partial charge in [0.2, 0.25) is 5.78 Å². The third kappa shape index (κ3) is 1.90. The van der Waals surface area contributed by atoms with Crippen molar-refractivity contribution in [2.45, 2.75) is 0 Å². The number of rotatable bonds is 3. The van der Waals surface area contributed by atoms with Crippen LogP contribution in [0.4, 0.5) is 0 Å². The third-order valence-corrected chi connectivity index (χ3v) is 2.63. The number of halogens is 1. The number of ketones is 1. The summed E-state index contributed by atoms with van der Waals surface area (Å²) in [6, 6.07) is 7.20. The van der Waals surface area contributed by atoms with E-state index in [4.69, 9.17) is 9.15 Å². The van der Waals surface area contributed by atoms with Gasteiger partial charge in [-0.1, -0.05) is 15.9 Å². The number of alkyl halides is 1. The Hall–Kier alpha value is -1.29. The fraction of sp³-hybridized carbons (Fsp3) is 0.182. The summed E-state index contributed by atoms with van der Waals surface area (Å²) in [5, 5.41) is 1.17. The average Bonchev–Trinajstić information content (AvgIpc) is 2.70. The van der Waals surface area contributed by atoms with Crippen LogP contribution < -0.4 is 4.74 Å². The molecule has 0 aliphatic rings. The van der Waals surface area contributed by atoms with Crippen LogP contribution in [0.3, 0.4) is 0 Å². The fourth-order valence-electron chi connectivity index (χ4n) is 1.34. The molecule has 0 aliphatic carbocycles. The van der Waals surface area contributed by atoms with E-state index in [0.717, 1.165) is 11.1 Å². The van der Waals surface area contributed by atoms with Crippen molar-refractivity contribution in [1.82, 2.24) is 0 Å². The normalized spacial score (nSPS) is 10.5. The van der Waals surface area contributed by atoms with Gasteiger partial charge in [0.1, 0.15) is 11.3 Å². The molecule has 0 amide bonds. The zero-order valence-electron chi connectivity index (χ0n) is 8.12. The van der Waals surface area contributed by atoms with Gasteiger partial charge in [-0.15, -0.1) is 0 Å². The van der Waals surface area contributed by atoms with Crippen molar-refractivity contribution in [3.05, 3.63) is 30.0 Å². The Labute approximate surface area is 95.1 Å². The summed E-state index contributed by atoms with van der Waals surface area (Å²) >= 11 is 3.10. The molecule has 0 aliphatic heterocycles. The Morgan fingerprint density at radius 1 is 1.47 bits per heavy atom. The summed E-state index contributed by atoms with van der Waals surface area (Å²) in [4.78, 5) is 11.4. The van der Waals surface area contributed by atoms with Crippen LogP contribution in [0.5, 0.6) is 5.75 Å².